The van der Waals surface area contributed by atoms with E-state index in [9.17, 15) is 19.7 Å². The molecule has 0 bridgehead atoms. The molecule has 21 heavy (non-hydrogen) atoms. The van der Waals surface area contributed by atoms with Crippen LogP contribution in [0.1, 0.15) is 24.5 Å². The molecule has 3 N–H and O–H groups in total. The summed E-state index contributed by atoms with van der Waals surface area (Å²) >= 11 is 0. The summed E-state index contributed by atoms with van der Waals surface area (Å²) in [6.45, 7) is 4.79. The number of aryl methyl sites for hydroxylation is 2. The van der Waals surface area contributed by atoms with Crippen LogP contribution in [0.25, 0.3) is 0 Å². The van der Waals surface area contributed by atoms with Crippen molar-refractivity contribution in [1.82, 2.24) is 5.32 Å². The van der Waals surface area contributed by atoms with Crippen molar-refractivity contribution in [2.45, 2.75) is 33.2 Å². The van der Waals surface area contributed by atoms with Crippen LogP contribution in [-0.2, 0) is 4.79 Å². The topological polar surface area (TPSA) is 122 Å². The third kappa shape index (κ3) is 4.75. The lowest BCUT2D eigenvalue weighted by molar-refractivity contribution is -0.385. The van der Waals surface area contributed by atoms with Gasteiger partial charge in [0.25, 0.3) is 5.69 Å². The zero-order valence-corrected chi connectivity index (χ0v) is 12.0. The number of nitro benzene ring substituents is 1. The SMILES string of the molecule is Cc1cc([N+](=O)[O-])c(C)cc1NC(=O)NC(C)CC(=O)O. The summed E-state index contributed by atoms with van der Waals surface area (Å²) in [5.41, 5.74) is 1.41. The van der Waals surface area contributed by atoms with Crippen molar-refractivity contribution in [3.8, 4) is 0 Å². The summed E-state index contributed by atoms with van der Waals surface area (Å²) in [4.78, 5) is 32.6. The largest absolute Gasteiger partial charge is 0.481 e. The molecule has 0 aromatic heterocycles. The molecule has 1 unspecified atom stereocenters. The van der Waals surface area contributed by atoms with Gasteiger partial charge in [0.15, 0.2) is 0 Å². The second kappa shape index (κ2) is 6.69. The van der Waals surface area contributed by atoms with Crippen molar-refractivity contribution >= 4 is 23.4 Å². The molecule has 0 heterocycles. The number of nitro groups is 1. The molecule has 0 aliphatic rings. The highest BCUT2D eigenvalue weighted by atomic mass is 16.6. The number of aliphatic carboxylic acids is 1. The van der Waals surface area contributed by atoms with Gasteiger partial charge < -0.3 is 15.7 Å². The third-order valence-electron chi connectivity index (χ3n) is 2.85. The molecule has 8 heteroatoms. The van der Waals surface area contributed by atoms with E-state index in [1.165, 1.54) is 12.1 Å². The molecule has 0 spiro atoms. The Balaban J connectivity index is 2.79. The van der Waals surface area contributed by atoms with Gasteiger partial charge in [-0.3, -0.25) is 14.9 Å². The van der Waals surface area contributed by atoms with Crippen LogP contribution < -0.4 is 10.6 Å². The Morgan fingerprint density at radius 3 is 2.48 bits per heavy atom. The van der Waals surface area contributed by atoms with Gasteiger partial charge in [-0.05, 0) is 32.4 Å². The first-order valence-corrected chi connectivity index (χ1v) is 6.25. The molecule has 1 aromatic carbocycles. The summed E-state index contributed by atoms with van der Waals surface area (Å²) in [5.74, 6) is -1.01. The van der Waals surface area contributed by atoms with E-state index in [-0.39, 0.29) is 12.1 Å². The van der Waals surface area contributed by atoms with E-state index in [0.717, 1.165) is 0 Å². The van der Waals surface area contributed by atoms with Gasteiger partial charge in [0.05, 0.1) is 11.3 Å². The number of anilines is 1. The lowest BCUT2D eigenvalue weighted by Gasteiger charge is -2.14. The Morgan fingerprint density at radius 1 is 1.33 bits per heavy atom. The Kier molecular flexibility index (Phi) is 5.23. The number of carbonyl (C=O) groups excluding carboxylic acids is 1. The van der Waals surface area contributed by atoms with Gasteiger partial charge in [-0.25, -0.2) is 4.79 Å². The van der Waals surface area contributed by atoms with Crippen LogP contribution in [0.5, 0.6) is 0 Å². The maximum Gasteiger partial charge on any atom is 0.319 e. The highest BCUT2D eigenvalue weighted by Gasteiger charge is 2.16. The Labute approximate surface area is 121 Å². The molecule has 8 nitrogen and oxygen atoms in total. The standard InChI is InChI=1S/C13H17N3O5/c1-7-5-11(16(20)21)8(2)4-10(7)15-13(19)14-9(3)6-12(17)18/h4-5,9H,6H2,1-3H3,(H,17,18)(H2,14,15,19). The number of nitrogens with zero attached hydrogens (tertiary/aromatic N) is 1. The zero-order chi connectivity index (χ0) is 16.2. The fourth-order valence-electron chi connectivity index (χ4n) is 1.83. The van der Waals surface area contributed by atoms with E-state index in [2.05, 4.69) is 10.6 Å². The number of hydrogen-bond acceptors (Lipinski definition) is 4. The van der Waals surface area contributed by atoms with Crippen molar-refractivity contribution in [3.63, 3.8) is 0 Å². The molecule has 1 rings (SSSR count). The Morgan fingerprint density at radius 2 is 1.95 bits per heavy atom. The van der Waals surface area contributed by atoms with E-state index < -0.39 is 23.0 Å². The van der Waals surface area contributed by atoms with Gasteiger partial charge >= 0.3 is 12.0 Å². The average Bonchev–Trinajstić information content (AvgIpc) is 2.31. The van der Waals surface area contributed by atoms with Crippen LogP contribution in [0.4, 0.5) is 16.2 Å². The normalized spacial score (nSPS) is 11.6. The van der Waals surface area contributed by atoms with E-state index in [4.69, 9.17) is 5.11 Å². The van der Waals surface area contributed by atoms with Gasteiger partial charge in [-0.15, -0.1) is 0 Å². The molecule has 0 saturated heterocycles. The molecule has 0 aliphatic carbocycles. The van der Waals surface area contributed by atoms with Crippen molar-refractivity contribution in [2.24, 2.45) is 0 Å². The second-order valence-corrected chi connectivity index (χ2v) is 4.81. The highest BCUT2D eigenvalue weighted by molar-refractivity contribution is 5.91. The van der Waals surface area contributed by atoms with Gasteiger partial charge in [0.1, 0.15) is 0 Å². The number of carbonyl (C=O) groups is 2. The number of carboxylic acids is 1. The van der Waals surface area contributed by atoms with Crippen LogP contribution in [-0.4, -0.2) is 28.1 Å². The second-order valence-electron chi connectivity index (χ2n) is 4.81. The third-order valence-corrected chi connectivity index (χ3v) is 2.85. The van der Waals surface area contributed by atoms with Crippen LogP contribution in [0.2, 0.25) is 0 Å². The van der Waals surface area contributed by atoms with Crippen LogP contribution in [0, 0.1) is 24.0 Å². The monoisotopic (exact) mass is 295 g/mol. The fourth-order valence-corrected chi connectivity index (χ4v) is 1.83. The number of nitrogens with one attached hydrogen (secondary N) is 2. The molecule has 1 atom stereocenters. The Hall–Kier alpha value is -2.64. The van der Waals surface area contributed by atoms with E-state index >= 15 is 0 Å². The number of amides is 2. The van der Waals surface area contributed by atoms with E-state index in [1.54, 1.807) is 20.8 Å². The van der Waals surface area contributed by atoms with Crippen molar-refractivity contribution < 1.29 is 19.6 Å². The van der Waals surface area contributed by atoms with Gasteiger partial charge in [0, 0.05) is 23.4 Å². The van der Waals surface area contributed by atoms with Gasteiger partial charge in [0.2, 0.25) is 0 Å². The predicted octanol–water partition coefficient (Wildman–Crippen LogP) is 2.20. The van der Waals surface area contributed by atoms with Crippen molar-refractivity contribution in [1.29, 1.82) is 0 Å². The van der Waals surface area contributed by atoms with Crippen LogP contribution >= 0.6 is 0 Å². The van der Waals surface area contributed by atoms with Crippen molar-refractivity contribution in [2.75, 3.05) is 5.32 Å². The smallest absolute Gasteiger partial charge is 0.319 e. The molecule has 0 radical (unpaired) electrons. The molecular formula is C13H17N3O5. The lowest BCUT2D eigenvalue weighted by Crippen LogP contribution is -2.37. The first-order chi connectivity index (χ1) is 9.70. The van der Waals surface area contributed by atoms with Crippen LogP contribution in [0.15, 0.2) is 12.1 Å². The van der Waals surface area contributed by atoms with Gasteiger partial charge in [-0.2, -0.15) is 0 Å². The average molecular weight is 295 g/mol. The Bertz CT molecular complexity index is 585. The molecule has 0 fully saturated rings. The number of rotatable bonds is 5. The van der Waals surface area contributed by atoms with E-state index in [1.807, 2.05) is 0 Å². The lowest BCUT2D eigenvalue weighted by atomic mass is 10.1. The van der Waals surface area contributed by atoms with E-state index in [0.29, 0.717) is 16.8 Å². The molecule has 2 amide bonds. The maximum atomic E-state index is 11.7. The molecule has 0 saturated carbocycles. The predicted molar refractivity (Wildman–Crippen MR) is 76.4 cm³/mol. The quantitative estimate of drug-likeness (QED) is 0.567. The zero-order valence-electron chi connectivity index (χ0n) is 12.0. The minimum atomic E-state index is -1.01. The summed E-state index contributed by atoms with van der Waals surface area (Å²) in [7, 11) is 0. The molecule has 1 aromatic rings. The number of hydrogen-bond donors (Lipinski definition) is 3. The van der Waals surface area contributed by atoms with Gasteiger partial charge in [-0.1, -0.05) is 0 Å². The molecular weight excluding hydrogens is 278 g/mol. The summed E-state index contributed by atoms with van der Waals surface area (Å²) in [5, 5.41) is 24.5. The maximum absolute atomic E-state index is 11.7. The minimum Gasteiger partial charge on any atom is -0.481 e. The first kappa shape index (κ1) is 16.4. The minimum absolute atomic E-state index is 0.0160. The molecule has 114 valence electrons. The fraction of sp³-hybridized carbons (Fsp3) is 0.385. The van der Waals surface area contributed by atoms with Crippen molar-refractivity contribution in [3.05, 3.63) is 33.4 Å². The van der Waals surface area contributed by atoms with Crippen LogP contribution in [0.3, 0.4) is 0 Å². The first-order valence-electron chi connectivity index (χ1n) is 6.25. The summed E-state index contributed by atoms with van der Waals surface area (Å²) in [6, 6.07) is 1.81. The number of urea groups is 1. The number of carboxylic acid groups (broad SMARTS) is 1. The summed E-state index contributed by atoms with van der Waals surface area (Å²) < 4.78 is 0. The molecule has 0 aliphatic heterocycles. The number of benzene rings is 1. The highest BCUT2D eigenvalue weighted by Crippen LogP contribution is 2.25. The summed E-state index contributed by atoms with van der Waals surface area (Å²) in [6.07, 6.45) is -0.189.